The largest absolute Gasteiger partial charge is 0.397 e. The number of hydrogen-bond donors (Lipinski definition) is 0. The van der Waals surface area contributed by atoms with Crippen LogP contribution in [0, 0.1) is 23.7 Å². The molecule has 2 aliphatic carbocycles. The van der Waals surface area contributed by atoms with E-state index in [0.29, 0.717) is 11.1 Å². The minimum Gasteiger partial charge on any atom is -0.397 e. The Morgan fingerprint density at radius 2 is 1.00 bits per heavy atom. The molecule has 0 aromatic heterocycles. The Balaban J connectivity index is 2.35. The summed E-state index contributed by atoms with van der Waals surface area (Å²) >= 11 is 0. The van der Waals surface area contributed by atoms with Crippen molar-refractivity contribution < 1.29 is 8.85 Å². The van der Waals surface area contributed by atoms with Crippen molar-refractivity contribution in [2.45, 2.75) is 90.1 Å². The van der Waals surface area contributed by atoms with Crippen LogP contribution in [0.25, 0.3) is 0 Å². The molecule has 3 heteroatoms. The Morgan fingerprint density at radius 1 is 0.652 bits per heavy atom. The van der Waals surface area contributed by atoms with Crippen molar-refractivity contribution in [3.05, 3.63) is 0 Å². The van der Waals surface area contributed by atoms with Gasteiger partial charge in [0.15, 0.2) is 0 Å². The van der Waals surface area contributed by atoms with E-state index in [0.717, 1.165) is 23.7 Å². The van der Waals surface area contributed by atoms with E-state index >= 15 is 0 Å². The second kappa shape index (κ2) is 8.49. The first-order valence-electron chi connectivity index (χ1n) is 10.1. The van der Waals surface area contributed by atoms with Crippen LogP contribution in [0.2, 0.25) is 11.1 Å². The minimum atomic E-state index is -2.19. The summed E-state index contributed by atoms with van der Waals surface area (Å²) in [7, 11) is 1.74. The molecule has 2 saturated carbocycles. The van der Waals surface area contributed by atoms with Crippen LogP contribution in [-0.2, 0) is 8.85 Å². The fourth-order valence-corrected chi connectivity index (χ4v) is 11.3. The molecule has 0 radical (unpaired) electrons. The third-order valence-electron chi connectivity index (χ3n) is 7.02. The summed E-state index contributed by atoms with van der Waals surface area (Å²) in [6.07, 6.45) is 11.0. The maximum Gasteiger partial charge on any atom is 0.344 e. The highest BCUT2D eigenvalue weighted by Gasteiger charge is 2.57. The van der Waals surface area contributed by atoms with Gasteiger partial charge in [-0.05, 0) is 36.5 Å². The molecular formula is C20H40O2Si. The van der Waals surface area contributed by atoms with Crippen molar-refractivity contribution in [2.24, 2.45) is 23.7 Å². The minimum absolute atomic E-state index is 0.690. The predicted octanol–water partition coefficient (Wildman–Crippen LogP) is 6.15. The summed E-state index contributed by atoms with van der Waals surface area (Å²) < 4.78 is 12.9. The van der Waals surface area contributed by atoms with Crippen LogP contribution in [0.15, 0.2) is 0 Å². The third kappa shape index (κ3) is 3.87. The molecule has 0 saturated heterocycles. The molecule has 136 valence electrons. The van der Waals surface area contributed by atoms with Gasteiger partial charge in [-0.3, -0.25) is 0 Å². The SMILES string of the molecule is CO[Si](OC)(C1CCCCC1C(C)C)C1CCCCC1C(C)C. The first-order valence-corrected chi connectivity index (χ1v) is 12.0. The summed E-state index contributed by atoms with van der Waals surface area (Å²) in [6, 6.07) is 0. The highest BCUT2D eigenvalue weighted by Crippen LogP contribution is 2.55. The highest BCUT2D eigenvalue weighted by molar-refractivity contribution is 6.70. The van der Waals surface area contributed by atoms with Crippen molar-refractivity contribution in [1.82, 2.24) is 0 Å². The molecule has 0 N–H and O–H groups in total. The van der Waals surface area contributed by atoms with Gasteiger partial charge in [0, 0.05) is 25.3 Å². The maximum absolute atomic E-state index is 6.44. The molecule has 0 bridgehead atoms. The molecule has 0 aliphatic heterocycles. The highest BCUT2D eigenvalue weighted by atomic mass is 28.4. The van der Waals surface area contributed by atoms with E-state index in [4.69, 9.17) is 8.85 Å². The molecule has 0 aromatic rings. The predicted molar refractivity (Wildman–Crippen MR) is 101 cm³/mol. The normalized spacial score (nSPS) is 33.4. The summed E-state index contributed by atoms with van der Waals surface area (Å²) in [5, 5.41) is 0. The lowest BCUT2D eigenvalue weighted by atomic mass is 9.80. The van der Waals surface area contributed by atoms with E-state index in [-0.39, 0.29) is 0 Å². The Kier molecular flexibility index (Phi) is 7.18. The molecule has 0 spiro atoms. The Hall–Kier alpha value is 0.137. The molecule has 4 atom stereocenters. The molecule has 0 heterocycles. The standard InChI is InChI=1S/C20H40O2Si/c1-15(2)17-11-7-9-13-19(17)23(21-5,22-6)20-14-10-8-12-18(20)16(3)4/h15-20H,7-14H2,1-6H3. The van der Waals surface area contributed by atoms with Gasteiger partial charge >= 0.3 is 8.56 Å². The van der Waals surface area contributed by atoms with E-state index in [1.165, 1.54) is 51.4 Å². The van der Waals surface area contributed by atoms with Crippen LogP contribution < -0.4 is 0 Å². The molecule has 23 heavy (non-hydrogen) atoms. The molecule has 2 rings (SSSR count). The van der Waals surface area contributed by atoms with E-state index in [1.54, 1.807) is 0 Å². The van der Waals surface area contributed by atoms with Gasteiger partial charge < -0.3 is 8.85 Å². The van der Waals surface area contributed by atoms with E-state index in [1.807, 2.05) is 14.2 Å². The zero-order chi connectivity index (χ0) is 17.0. The van der Waals surface area contributed by atoms with Crippen LogP contribution in [-0.4, -0.2) is 22.8 Å². The summed E-state index contributed by atoms with van der Waals surface area (Å²) in [5.74, 6) is 3.09. The molecule has 0 aromatic carbocycles. The average Bonchev–Trinajstić information content (AvgIpc) is 2.57. The first kappa shape index (κ1) is 19.5. The van der Waals surface area contributed by atoms with Gasteiger partial charge in [-0.25, -0.2) is 0 Å². The monoisotopic (exact) mass is 340 g/mol. The summed E-state index contributed by atoms with van der Waals surface area (Å²) in [6.45, 7) is 9.64. The van der Waals surface area contributed by atoms with Crippen LogP contribution in [0.4, 0.5) is 0 Å². The Morgan fingerprint density at radius 3 is 1.30 bits per heavy atom. The van der Waals surface area contributed by atoms with Crippen molar-refractivity contribution in [3.63, 3.8) is 0 Å². The van der Waals surface area contributed by atoms with Gasteiger partial charge in [0.1, 0.15) is 0 Å². The zero-order valence-corrected chi connectivity index (χ0v) is 17.4. The van der Waals surface area contributed by atoms with Gasteiger partial charge in [0.2, 0.25) is 0 Å². The lowest BCUT2D eigenvalue weighted by molar-refractivity contribution is 0.135. The average molecular weight is 341 g/mol. The first-order chi connectivity index (χ1) is 11.0. The van der Waals surface area contributed by atoms with Gasteiger partial charge in [-0.2, -0.15) is 0 Å². The molecule has 4 unspecified atom stereocenters. The van der Waals surface area contributed by atoms with Crippen LogP contribution >= 0.6 is 0 Å². The maximum atomic E-state index is 6.44. The summed E-state index contributed by atoms with van der Waals surface area (Å²) in [5.41, 5.74) is 1.38. The van der Waals surface area contributed by atoms with E-state index < -0.39 is 8.56 Å². The third-order valence-corrected chi connectivity index (χ3v) is 11.8. The number of hydrogen-bond acceptors (Lipinski definition) is 2. The van der Waals surface area contributed by atoms with Crippen molar-refractivity contribution in [2.75, 3.05) is 14.2 Å². The fourth-order valence-electron chi connectivity index (χ4n) is 5.88. The van der Waals surface area contributed by atoms with Gasteiger partial charge in [0.05, 0.1) is 0 Å². The van der Waals surface area contributed by atoms with Gasteiger partial charge in [-0.1, -0.05) is 66.2 Å². The topological polar surface area (TPSA) is 18.5 Å². The molecule has 2 fully saturated rings. The van der Waals surface area contributed by atoms with Gasteiger partial charge in [-0.15, -0.1) is 0 Å². The van der Waals surface area contributed by atoms with Crippen molar-refractivity contribution in [1.29, 1.82) is 0 Å². The van der Waals surface area contributed by atoms with E-state index in [2.05, 4.69) is 27.7 Å². The molecule has 2 aliphatic rings. The summed E-state index contributed by atoms with van der Waals surface area (Å²) in [4.78, 5) is 0. The lowest BCUT2D eigenvalue weighted by Crippen LogP contribution is -2.56. The van der Waals surface area contributed by atoms with Crippen LogP contribution in [0.5, 0.6) is 0 Å². The molecule has 2 nitrogen and oxygen atoms in total. The fraction of sp³-hybridized carbons (Fsp3) is 1.00. The Labute approximate surface area is 146 Å². The molecule has 0 amide bonds. The smallest absolute Gasteiger partial charge is 0.344 e. The molecular weight excluding hydrogens is 300 g/mol. The van der Waals surface area contributed by atoms with Gasteiger partial charge in [0.25, 0.3) is 0 Å². The lowest BCUT2D eigenvalue weighted by Gasteiger charge is -2.51. The second-order valence-electron chi connectivity index (χ2n) is 8.73. The number of rotatable bonds is 6. The van der Waals surface area contributed by atoms with Crippen molar-refractivity contribution >= 4 is 8.56 Å². The quantitative estimate of drug-likeness (QED) is 0.539. The van der Waals surface area contributed by atoms with Crippen LogP contribution in [0.1, 0.15) is 79.1 Å². The van der Waals surface area contributed by atoms with Crippen molar-refractivity contribution in [3.8, 4) is 0 Å². The van der Waals surface area contributed by atoms with Crippen LogP contribution in [0.3, 0.4) is 0 Å². The zero-order valence-electron chi connectivity index (χ0n) is 16.4. The van der Waals surface area contributed by atoms with E-state index in [9.17, 15) is 0 Å². The Bertz CT molecular complexity index is 322. The second-order valence-corrected chi connectivity index (χ2v) is 12.5.